The van der Waals surface area contributed by atoms with Crippen LogP contribution in [0, 0.1) is 11.6 Å². The number of pyridine rings is 1. The van der Waals surface area contributed by atoms with Crippen LogP contribution in [0.25, 0.3) is 10.2 Å². The highest BCUT2D eigenvalue weighted by molar-refractivity contribution is 7.20. The average molecular weight is 499 g/mol. The summed E-state index contributed by atoms with van der Waals surface area (Å²) < 4.78 is 41.5. The Hall–Kier alpha value is -4.19. The van der Waals surface area contributed by atoms with Crippen molar-refractivity contribution in [1.82, 2.24) is 19.7 Å². The summed E-state index contributed by atoms with van der Waals surface area (Å²) in [4.78, 5) is 33.4. The lowest BCUT2D eigenvalue weighted by molar-refractivity contribution is -0.111. The van der Waals surface area contributed by atoms with Crippen LogP contribution in [0.1, 0.15) is 26.8 Å². The van der Waals surface area contributed by atoms with Gasteiger partial charge >= 0.3 is 0 Å². The summed E-state index contributed by atoms with van der Waals surface area (Å²) in [5, 5.41) is 6.91. The van der Waals surface area contributed by atoms with Gasteiger partial charge in [-0.25, -0.2) is 13.8 Å². The predicted molar refractivity (Wildman–Crippen MR) is 125 cm³/mol. The van der Waals surface area contributed by atoms with Crippen molar-refractivity contribution in [3.05, 3.63) is 70.8 Å². The highest BCUT2D eigenvalue weighted by Gasteiger charge is 2.28. The second kappa shape index (κ2) is 9.58. The molecule has 4 rings (SSSR count). The van der Waals surface area contributed by atoms with Gasteiger partial charge in [0.2, 0.25) is 11.7 Å². The number of aryl methyl sites for hydroxylation is 1. The summed E-state index contributed by atoms with van der Waals surface area (Å²) in [6, 6.07) is 2.68. The zero-order chi connectivity index (χ0) is 25.3. The molecule has 180 valence electrons. The maximum absolute atomic E-state index is 14.8. The number of ketones is 1. The quantitative estimate of drug-likeness (QED) is 0.291. The van der Waals surface area contributed by atoms with Crippen molar-refractivity contribution in [2.75, 3.05) is 19.5 Å². The van der Waals surface area contributed by atoms with E-state index in [9.17, 15) is 18.4 Å². The standard InChI is InChI=1S/C23H19F2N5O4S/c1-5-18(31)27-14-10-30(2)29-12(14)6-11-7-13-17(9-26-11)35-23(28-13)22(32)19-20(24)15(33-3)8-16(34-4)21(19)25/h5,7-10H,1,6H2,2-4H3,(H,27,31). The third-order valence-electron chi connectivity index (χ3n) is 5.02. The molecule has 12 heteroatoms. The number of rotatable bonds is 8. The molecule has 35 heavy (non-hydrogen) atoms. The zero-order valence-corrected chi connectivity index (χ0v) is 19.7. The fourth-order valence-corrected chi connectivity index (χ4v) is 4.25. The summed E-state index contributed by atoms with van der Waals surface area (Å²) in [5.41, 5.74) is 1.24. The van der Waals surface area contributed by atoms with E-state index in [2.05, 4.69) is 27.0 Å². The van der Waals surface area contributed by atoms with Crippen LogP contribution < -0.4 is 14.8 Å². The van der Waals surface area contributed by atoms with Crippen molar-refractivity contribution in [2.45, 2.75) is 6.42 Å². The summed E-state index contributed by atoms with van der Waals surface area (Å²) in [7, 11) is 4.11. The van der Waals surface area contributed by atoms with Gasteiger partial charge in [-0.3, -0.25) is 19.3 Å². The van der Waals surface area contributed by atoms with Crippen LogP contribution >= 0.6 is 11.3 Å². The number of fused-ring (bicyclic) bond motifs is 1. The Morgan fingerprint density at radius 2 is 1.89 bits per heavy atom. The molecule has 0 atom stereocenters. The monoisotopic (exact) mass is 499 g/mol. The SMILES string of the molecule is C=CC(=O)Nc1cn(C)nc1Cc1cc2nc(C(=O)c3c(F)c(OC)cc(OC)c3F)sc2cn1. The third-order valence-corrected chi connectivity index (χ3v) is 6.03. The van der Waals surface area contributed by atoms with Gasteiger partial charge in [0.15, 0.2) is 28.1 Å². The highest BCUT2D eigenvalue weighted by atomic mass is 32.1. The first-order valence-corrected chi connectivity index (χ1v) is 10.9. The summed E-state index contributed by atoms with van der Waals surface area (Å²) >= 11 is 0.952. The van der Waals surface area contributed by atoms with Gasteiger partial charge in [-0.15, -0.1) is 11.3 Å². The Morgan fingerprint density at radius 3 is 2.51 bits per heavy atom. The van der Waals surface area contributed by atoms with Crippen molar-refractivity contribution in [3.8, 4) is 11.5 Å². The number of carbonyl (C=O) groups excluding carboxylic acids is 2. The molecular weight excluding hydrogens is 480 g/mol. The number of nitrogens with one attached hydrogen (secondary N) is 1. The lowest BCUT2D eigenvalue weighted by Crippen LogP contribution is -2.10. The molecule has 4 aromatic rings. The van der Waals surface area contributed by atoms with Gasteiger partial charge in [0, 0.05) is 37.6 Å². The van der Waals surface area contributed by atoms with Gasteiger partial charge in [0.25, 0.3) is 0 Å². The Labute approximate surface area is 202 Å². The number of methoxy groups -OCH3 is 2. The van der Waals surface area contributed by atoms with Crippen LogP contribution in [-0.2, 0) is 18.3 Å². The second-order valence-corrected chi connectivity index (χ2v) is 8.34. The van der Waals surface area contributed by atoms with Gasteiger partial charge in [-0.1, -0.05) is 6.58 Å². The third kappa shape index (κ3) is 4.60. The van der Waals surface area contributed by atoms with Crippen LogP contribution in [0.3, 0.4) is 0 Å². The lowest BCUT2D eigenvalue weighted by atomic mass is 10.1. The number of thiazole rings is 1. The number of hydrogen-bond donors (Lipinski definition) is 1. The lowest BCUT2D eigenvalue weighted by Gasteiger charge is -2.10. The van der Waals surface area contributed by atoms with Crippen LogP contribution in [0.5, 0.6) is 11.5 Å². The Kier molecular flexibility index (Phi) is 6.56. The van der Waals surface area contributed by atoms with Crippen molar-refractivity contribution in [1.29, 1.82) is 0 Å². The van der Waals surface area contributed by atoms with E-state index in [4.69, 9.17) is 9.47 Å². The number of nitrogens with zero attached hydrogens (tertiary/aromatic N) is 4. The van der Waals surface area contributed by atoms with Crippen LogP contribution in [0.4, 0.5) is 14.5 Å². The summed E-state index contributed by atoms with van der Waals surface area (Å²) in [6.07, 6.45) is 4.59. The number of anilines is 1. The van der Waals surface area contributed by atoms with Crippen molar-refractivity contribution >= 4 is 38.9 Å². The molecule has 0 radical (unpaired) electrons. The predicted octanol–water partition coefficient (Wildman–Crippen LogP) is 3.67. The normalized spacial score (nSPS) is 10.9. The molecule has 0 aliphatic rings. The van der Waals surface area contributed by atoms with E-state index in [-0.39, 0.29) is 28.8 Å². The Balaban J connectivity index is 1.68. The van der Waals surface area contributed by atoms with Gasteiger partial charge in [0.1, 0.15) is 5.56 Å². The first-order valence-electron chi connectivity index (χ1n) is 10.1. The first-order chi connectivity index (χ1) is 16.7. The molecule has 9 nitrogen and oxygen atoms in total. The van der Waals surface area contributed by atoms with Crippen LogP contribution in [0.15, 0.2) is 37.2 Å². The zero-order valence-electron chi connectivity index (χ0n) is 18.9. The number of amides is 1. The maximum atomic E-state index is 14.8. The number of halogens is 2. The number of aromatic nitrogens is 4. The largest absolute Gasteiger partial charge is 0.494 e. The van der Waals surface area contributed by atoms with Crippen molar-refractivity contribution in [3.63, 3.8) is 0 Å². The molecule has 1 N–H and O–H groups in total. The van der Waals surface area contributed by atoms with E-state index >= 15 is 0 Å². The van der Waals surface area contributed by atoms with E-state index in [0.29, 0.717) is 27.3 Å². The minimum atomic E-state index is -1.14. The molecule has 0 unspecified atom stereocenters. The van der Waals surface area contributed by atoms with E-state index < -0.39 is 23.0 Å². The average Bonchev–Trinajstić information content (AvgIpc) is 3.41. The molecule has 0 spiro atoms. The minimum Gasteiger partial charge on any atom is -0.494 e. The van der Waals surface area contributed by atoms with Gasteiger partial charge < -0.3 is 14.8 Å². The van der Waals surface area contributed by atoms with Gasteiger partial charge in [-0.05, 0) is 12.1 Å². The molecule has 0 aliphatic heterocycles. The summed E-state index contributed by atoms with van der Waals surface area (Å²) in [5.74, 6) is -4.26. The topological polar surface area (TPSA) is 108 Å². The van der Waals surface area contributed by atoms with Gasteiger partial charge in [0.05, 0.1) is 35.8 Å². The van der Waals surface area contributed by atoms with Crippen molar-refractivity contribution in [2.24, 2.45) is 7.05 Å². The van der Waals surface area contributed by atoms with Gasteiger partial charge in [-0.2, -0.15) is 5.10 Å². The van der Waals surface area contributed by atoms with E-state index in [1.54, 1.807) is 24.0 Å². The highest BCUT2D eigenvalue weighted by Crippen LogP contribution is 2.34. The molecule has 1 amide bonds. The molecule has 0 aliphatic carbocycles. The first kappa shape index (κ1) is 24.0. The van der Waals surface area contributed by atoms with Crippen LogP contribution in [-0.4, -0.2) is 45.7 Å². The maximum Gasteiger partial charge on any atom is 0.247 e. The fourth-order valence-electron chi connectivity index (χ4n) is 3.39. The molecule has 1 aromatic carbocycles. The number of hydrogen-bond acceptors (Lipinski definition) is 8. The smallest absolute Gasteiger partial charge is 0.247 e. The minimum absolute atomic E-state index is 0.121. The van der Waals surface area contributed by atoms with Crippen LogP contribution in [0.2, 0.25) is 0 Å². The number of benzene rings is 1. The van der Waals surface area contributed by atoms with Crippen molar-refractivity contribution < 1.29 is 27.8 Å². The molecule has 0 bridgehead atoms. The molecule has 3 aromatic heterocycles. The number of carbonyl (C=O) groups is 2. The molecule has 3 heterocycles. The fraction of sp³-hybridized carbons (Fsp3) is 0.174. The number of ether oxygens (including phenoxy) is 2. The second-order valence-electron chi connectivity index (χ2n) is 7.31. The van der Waals surface area contributed by atoms with E-state index in [0.717, 1.165) is 23.5 Å². The summed E-state index contributed by atoms with van der Waals surface area (Å²) in [6.45, 7) is 3.43. The molecule has 0 fully saturated rings. The molecule has 0 saturated heterocycles. The Morgan fingerprint density at radius 1 is 1.20 bits per heavy atom. The van der Waals surface area contributed by atoms with E-state index in [1.165, 1.54) is 20.4 Å². The molecular formula is C23H19F2N5O4S. The van der Waals surface area contributed by atoms with E-state index in [1.807, 2.05) is 0 Å². The molecule has 0 saturated carbocycles. The Bertz CT molecular complexity index is 1450.